The van der Waals surface area contributed by atoms with Gasteiger partial charge in [0.05, 0.1) is 11.3 Å². The molecular weight excluding hydrogens is 713 g/mol. The minimum Gasteiger partial charge on any atom is -0.456 e. The maximum atomic E-state index is 14.2. The van der Waals surface area contributed by atoms with E-state index in [1.165, 1.54) is 30.3 Å². The highest BCUT2D eigenvalue weighted by Crippen LogP contribution is 2.41. The Morgan fingerprint density at radius 1 is 0.837 bits per heavy atom. The highest BCUT2D eigenvalue weighted by Gasteiger charge is 2.57. The molecule has 0 N–H and O–H groups in total. The summed E-state index contributed by atoms with van der Waals surface area (Å²) in [5.41, 5.74) is 0.0751. The van der Waals surface area contributed by atoms with E-state index >= 15 is 0 Å². The maximum absolute atomic E-state index is 14.2. The molecule has 1 heterocycles. The van der Waals surface area contributed by atoms with Gasteiger partial charge in [0.15, 0.2) is 6.61 Å². The van der Waals surface area contributed by atoms with E-state index in [0.717, 1.165) is 32.3 Å². The highest BCUT2D eigenvalue weighted by molar-refractivity contribution is 7.99. The van der Waals surface area contributed by atoms with Crippen LogP contribution in [0.5, 0.6) is 5.75 Å². The van der Waals surface area contributed by atoms with Crippen molar-refractivity contribution in [1.82, 2.24) is 0 Å². The van der Waals surface area contributed by atoms with Gasteiger partial charge in [-0.3, -0.25) is 0 Å². The first-order chi connectivity index (χ1) is 22.5. The minimum absolute atomic E-state index is 0.0190. The van der Waals surface area contributed by atoms with Crippen LogP contribution in [0, 0.1) is 0 Å². The first-order valence-corrected chi connectivity index (χ1v) is 15.0. The Kier molecular flexibility index (Phi) is 12.7. The molecule has 0 aliphatic rings. The summed E-state index contributed by atoms with van der Waals surface area (Å²) in [5, 5.41) is 0.306. The van der Waals surface area contributed by atoms with Gasteiger partial charge in [-0.2, -0.15) is 17.6 Å². The Morgan fingerprint density at radius 2 is 1.49 bits per heavy atom. The first-order valence-electron chi connectivity index (χ1n) is 14.0. The number of unbranched alkanes of at least 4 members (excludes halogenated alkanes) is 2. The number of carbonyl (C=O) groups is 1. The van der Waals surface area contributed by atoms with Gasteiger partial charge in [0, 0.05) is 15.9 Å². The summed E-state index contributed by atoms with van der Waals surface area (Å²) in [4.78, 5) is 11.1. The largest absolute Gasteiger partial charge is 0.573 e. The predicted molar refractivity (Wildman–Crippen MR) is 151 cm³/mol. The Bertz CT molecular complexity index is 1610. The number of ether oxygens (including phenoxy) is 5. The Hall–Kier alpha value is -3.55. The molecule has 0 unspecified atom stereocenters. The quantitative estimate of drug-likeness (QED) is 0.0319. The zero-order valence-electron chi connectivity index (χ0n) is 25.4. The van der Waals surface area contributed by atoms with Crippen molar-refractivity contribution in [2.45, 2.75) is 75.6 Å². The summed E-state index contributed by atoms with van der Waals surface area (Å²) >= 11 is 0.158. The van der Waals surface area contributed by atoms with Crippen LogP contribution in [0.4, 0.5) is 48.3 Å². The summed E-state index contributed by atoms with van der Waals surface area (Å²) in [5.74, 6) is -3.74. The van der Waals surface area contributed by atoms with Crippen LogP contribution in [0.3, 0.4) is 0 Å². The molecule has 272 valence electrons. The van der Waals surface area contributed by atoms with Crippen LogP contribution in [0.2, 0.25) is 0 Å². The Morgan fingerprint density at radius 3 is 2.10 bits per heavy atom. The van der Waals surface area contributed by atoms with Crippen LogP contribution >= 0.6 is 11.8 Å². The Balaban J connectivity index is 1.69. The molecule has 3 aromatic rings. The van der Waals surface area contributed by atoms with Gasteiger partial charge in [-0.15, -0.1) is 42.5 Å². The number of hydrogen-bond donors (Lipinski definition) is 0. The summed E-state index contributed by atoms with van der Waals surface area (Å²) < 4.78 is 172. The van der Waals surface area contributed by atoms with Gasteiger partial charge < -0.3 is 13.9 Å². The third-order valence-electron chi connectivity index (χ3n) is 6.00. The molecule has 0 amide bonds. The number of alkyl halides is 11. The molecule has 19 heteroatoms. The van der Waals surface area contributed by atoms with Crippen molar-refractivity contribution in [2.75, 3.05) is 12.4 Å². The Labute approximate surface area is 275 Å². The fourth-order valence-corrected chi connectivity index (χ4v) is 4.72. The molecule has 0 atom stereocenters. The number of thioether (sulfide) groups is 1. The van der Waals surface area contributed by atoms with E-state index in [1.807, 2.05) is 6.92 Å². The number of esters is 1. The van der Waals surface area contributed by atoms with Gasteiger partial charge in [0.2, 0.25) is 0 Å². The number of aryl methyl sites for hydroxylation is 1. The molecule has 0 saturated carbocycles. The smallest absolute Gasteiger partial charge is 0.456 e. The van der Waals surface area contributed by atoms with E-state index < -0.39 is 60.8 Å². The predicted octanol–water partition coefficient (Wildman–Crippen LogP) is 10.3. The van der Waals surface area contributed by atoms with Gasteiger partial charge in [-0.05, 0) is 61.7 Å². The molecule has 0 aliphatic heterocycles. The first kappa shape index (κ1) is 39.9. The molecule has 49 heavy (non-hydrogen) atoms. The average Bonchev–Trinajstić information content (AvgIpc) is 3.35. The summed E-state index contributed by atoms with van der Waals surface area (Å²) in [6.07, 6.45) is -23.9. The number of hydrogen-bond acceptors (Lipinski definition) is 8. The lowest BCUT2D eigenvalue weighted by Gasteiger charge is -2.27. The summed E-state index contributed by atoms with van der Waals surface area (Å²) in [6, 6.07) is 9.21. The summed E-state index contributed by atoms with van der Waals surface area (Å²) in [6.45, 7) is 3.83. The van der Waals surface area contributed by atoms with Gasteiger partial charge >= 0.3 is 37.1 Å². The lowest BCUT2D eigenvalue weighted by Crippen LogP contribution is -2.46. The normalized spacial score (nSPS) is 13.2. The van der Waals surface area contributed by atoms with Crippen molar-refractivity contribution in [1.29, 1.82) is 0 Å². The second kappa shape index (κ2) is 15.6. The monoisotopic (exact) mass is 740 g/mol. The van der Waals surface area contributed by atoms with E-state index in [0.29, 0.717) is 17.4 Å². The van der Waals surface area contributed by atoms with Crippen LogP contribution in [-0.4, -0.2) is 49.5 Å². The fourth-order valence-electron chi connectivity index (χ4n) is 3.97. The molecule has 1 aromatic heterocycles. The molecule has 0 radical (unpaired) electrons. The third-order valence-corrected chi connectivity index (χ3v) is 7.07. The minimum atomic E-state index is -5.92. The average molecular weight is 741 g/mol. The standard InChI is InChI=1S/C30H27F11O7S/c1-4-5-6-7-18-8-11-21(24(12-18)45-28(35,36)37)23-13-19-9-10-20(14-22(19)44-23)49-16-27(33,34)47-30(40,41)48-29(38,39)46-26(31,32)15-43-25(42)17(2)3/h8-14H,2,4-7,15-16H2,1,3H3. The van der Waals surface area contributed by atoms with E-state index in [4.69, 9.17) is 4.42 Å². The molecule has 0 saturated heterocycles. The maximum Gasteiger partial charge on any atom is 0.573 e. The molecule has 0 aliphatic carbocycles. The van der Waals surface area contributed by atoms with E-state index in [9.17, 15) is 53.1 Å². The number of benzene rings is 2. The molecule has 7 nitrogen and oxygen atoms in total. The van der Waals surface area contributed by atoms with Crippen molar-refractivity contribution in [2.24, 2.45) is 0 Å². The SMILES string of the molecule is C=C(C)C(=O)OCC(F)(F)OC(F)(F)OC(F)(F)OC(F)(F)CSc1ccc2cc(-c3ccc(CCCCC)cc3OC(F)(F)F)oc2c1. The number of rotatable bonds is 18. The van der Waals surface area contributed by atoms with Crippen LogP contribution in [0.15, 0.2) is 63.9 Å². The number of furan rings is 1. The number of carbonyl (C=O) groups excluding carboxylic acids is 1. The lowest BCUT2D eigenvalue weighted by atomic mass is 10.0. The van der Waals surface area contributed by atoms with Gasteiger partial charge in [-0.1, -0.05) is 32.4 Å². The molecule has 3 rings (SSSR count). The molecular formula is C30H27F11O7S. The summed E-state index contributed by atoms with van der Waals surface area (Å²) in [7, 11) is 0. The molecule has 0 bridgehead atoms. The zero-order valence-corrected chi connectivity index (χ0v) is 26.2. The topological polar surface area (TPSA) is 76.4 Å². The second-order valence-electron chi connectivity index (χ2n) is 10.3. The van der Waals surface area contributed by atoms with E-state index in [-0.39, 0.29) is 33.6 Å². The van der Waals surface area contributed by atoms with Crippen LogP contribution in [-0.2, 0) is 30.2 Å². The number of halogens is 11. The van der Waals surface area contributed by atoms with Crippen molar-refractivity contribution in [3.05, 3.63) is 60.2 Å². The third kappa shape index (κ3) is 13.0. The van der Waals surface area contributed by atoms with Crippen LogP contribution in [0.25, 0.3) is 22.3 Å². The zero-order chi connectivity index (χ0) is 36.8. The van der Waals surface area contributed by atoms with Crippen LogP contribution < -0.4 is 4.74 Å². The van der Waals surface area contributed by atoms with Gasteiger partial charge in [-0.25, -0.2) is 19.0 Å². The van der Waals surface area contributed by atoms with E-state index in [1.54, 1.807) is 6.07 Å². The van der Waals surface area contributed by atoms with Gasteiger partial charge in [0.1, 0.15) is 17.1 Å². The molecule has 0 spiro atoms. The number of fused-ring (bicyclic) bond motifs is 1. The molecule has 2 aromatic carbocycles. The highest BCUT2D eigenvalue weighted by atomic mass is 32.2. The fraction of sp³-hybridized carbons (Fsp3) is 0.433. The second-order valence-corrected chi connectivity index (χ2v) is 11.3. The van der Waals surface area contributed by atoms with Crippen LogP contribution in [0.1, 0.15) is 38.7 Å². The van der Waals surface area contributed by atoms with Crippen molar-refractivity contribution in [3.63, 3.8) is 0 Å². The van der Waals surface area contributed by atoms with Crippen molar-refractivity contribution < 1.29 is 81.2 Å². The van der Waals surface area contributed by atoms with Crippen molar-refractivity contribution >= 4 is 28.7 Å². The van der Waals surface area contributed by atoms with E-state index in [2.05, 4.69) is 30.3 Å². The van der Waals surface area contributed by atoms with Gasteiger partial charge in [0.25, 0.3) is 0 Å². The lowest BCUT2D eigenvalue weighted by molar-refractivity contribution is -0.572. The molecule has 0 fully saturated rings. The van der Waals surface area contributed by atoms with Crippen molar-refractivity contribution in [3.8, 4) is 17.1 Å².